The Bertz CT molecular complexity index is 9050. The first-order valence-corrected chi connectivity index (χ1v) is 48.9. The van der Waals surface area contributed by atoms with Gasteiger partial charge in [-0.05, 0) is 273 Å². The van der Waals surface area contributed by atoms with Crippen LogP contribution in [-0.2, 0) is 10.8 Å². The van der Waals surface area contributed by atoms with Gasteiger partial charge >= 0.3 is 0 Å². The van der Waals surface area contributed by atoms with Crippen LogP contribution in [0.5, 0.6) is 0 Å². The summed E-state index contributed by atoms with van der Waals surface area (Å²) in [6.07, 6.45) is 0. The molecule has 2 aliphatic carbocycles. The van der Waals surface area contributed by atoms with Gasteiger partial charge in [-0.2, -0.15) is 0 Å². The van der Waals surface area contributed by atoms with Crippen molar-refractivity contribution in [1.82, 2.24) is 0 Å². The predicted octanol–water partition coefficient (Wildman–Crippen LogP) is 38.6. The average molecular weight is 1820 g/mol. The number of anilines is 9. The Morgan fingerprint density at radius 3 is 0.944 bits per heavy atom. The Balaban J connectivity index is 0.000000113. The second-order valence-corrected chi connectivity index (χ2v) is 38.2. The highest BCUT2D eigenvalue weighted by atomic mass is 16.3. The third-order valence-corrected chi connectivity index (χ3v) is 29.1. The van der Waals surface area contributed by atoms with Gasteiger partial charge in [-0.3, -0.25) is 0 Å². The molecular formula is C136H97N3O3. The molecule has 674 valence electrons. The molecule has 25 aromatic rings. The van der Waals surface area contributed by atoms with Gasteiger partial charge in [0.1, 0.15) is 33.5 Å². The fourth-order valence-corrected chi connectivity index (χ4v) is 21.8. The van der Waals surface area contributed by atoms with Crippen LogP contribution in [0.4, 0.5) is 51.2 Å². The number of fused-ring (bicyclic) bond motifs is 16. The molecule has 6 heteroatoms. The van der Waals surface area contributed by atoms with Crippen LogP contribution in [0.2, 0.25) is 0 Å². The van der Waals surface area contributed by atoms with Crippen molar-refractivity contribution in [2.24, 2.45) is 0 Å². The number of nitrogens with zero attached hydrogens (tertiary/aromatic N) is 3. The molecule has 22 aromatic carbocycles. The van der Waals surface area contributed by atoms with Gasteiger partial charge < -0.3 is 28.0 Å². The van der Waals surface area contributed by atoms with Crippen LogP contribution >= 0.6 is 0 Å². The van der Waals surface area contributed by atoms with Crippen molar-refractivity contribution < 1.29 is 13.3 Å². The van der Waals surface area contributed by atoms with Crippen molar-refractivity contribution in [3.63, 3.8) is 0 Å². The van der Waals surface area contributed by atoms with Crippen LogP contribution in [0.15, 0.2) is 529 Å². The summed E-state index contributed by atoms with van der Waals surface area (Å²) in [4.78, 5) is 7.07. The Morgan fingerprint density at radius 1 is 0.148 bits per heavy atom. The van der Waals surface area contributed by atoms with Gasteiger partial charge in [0.15, 0.2) is 0 Å². The Labute approximate surface area is 826 Å². The molecule has 0 unspecified atom stereocenters. The molecule has 0 saturated carbocycles. The number of rotatable bonds is 16. The lowest BCUT2D eigenvalue weighted by atomic mass is 9.82. The van der Waals surface area contributed by atoms with Gasteiger partial charge in [-0.25, -0.2) is 0 Å². The normalized spacial score (nSPS) is 12.5. The zero-order valence-corrected chi connectivity index (χ0v) is 79.1. The molecule has 142 heavy (non-hydrogen) atoms. The molecule has 0 aliphatic heterocycles. The van der Waals surface area contributed by atoms with Crippen LogP contribution in [0, 0.1) is 0 Å². The third kappa shape index (κ3) is 15.6. The summed E-state index contributed by atoms with van der Waals surface area (Å²) in [5, 5.41) is 9.35. The number of furan rings is 3. The minimum atomic E-state index is -0.0788. The van der Waals surface area contributed by atoms with Crippen molar-refractivity contribution in [3.05, 3.63) is 538 Å². The van der Waals surface area contributed by atoms with Crippen LogP contribution < -0.4 is 14.7 Å². The second-order valence-electron chi connectivity index (χ2n) is 38.2. The molecule has 27 rings (SSSR count). The zero-order chi connectivity index (χ0) is 94.9. The van der Waals surface area contributed by atoms with Crippen molar-refractivity contribution in [1.29, 1.82) is 0 Å². The maximum Gasteiger partial charge on any atom is 0.143 e. The Morgan fingerprint density at radius 2 is 0.437 bits per heavy atom. The first-order valence-electron chi connectivity index (χ1n) is 48.9. The number of hydrogen-bond acceptors (Lipinski definition) is 6. The molecule has 2 aliphatic rings. The van der Waals surface area contributed by atoms with E-state index in [-0.39, 0.29) is 10.8 Å². The Kier molecular flexibility index (Phi) is 21.6. The van der Waals surface area contributed by atoms with Gasteiger partial charge in [0.25, 0.3) is 0 Å². The number of hydrogen-bond donors (Lipinski definition) is 0. The topological polar surface area (TPSA) is 49.1 Å². The highest BCUT2D eigenvalue weighted by Gasteiger charge is 2.38. The molecule has 0 amide bonds. The third-order valence-electron chi connectivity index (χ3n) is 29.1. The van der Waals surface area contributed by atoms with E-state index in [1.807, 2.05) is 36.4 Å². The molecule has 0 bridgehead atoms. The second kappa shape index (κ2) is 35.8. The van der Waals surface area contributed by atoms with E-state index in [1.54, 1.807) is 0 Å². The van der Waals surface area contributed by atoms with Crippen molar-refractivity contribution >= 4 is 128 Å². The predicted molar refractivity (Wildman–Crippen MR) is 596 cm³/mol. The summed E-state index contributed by atoms with van der Waals surface area (Å²) in [5.41, 5.74) is 42.7. The molecule has 0 atom stereocenters. The highest BCUT2D eigenvalue weighted by Crippen LogP contribution is 2.54. The van der Waals surface area contributed by atoms with Gasteiger partial charge in [-0.15, -0.1) is 0 Å². The molecule has 0 spiro atoms. The molecule has 3 heterocycles. The molecular weight excluding hydrogens is 1720 g/mol. The van der Waals surface area contributed by atoms with Gasteiger partial charge in [0, 0.05) is 106 Å². The van der Waals surface area contributed by atoms with Crippen molar-refractivity contribution in [2.75, 3.05) is 14.7 Å². The smallest absolute Gasteiger partial charge is 0.143 e. The van der Waals surface area contributed by atoms with Crippen molar-refractivity contribution in [2.45, 2.75) is 38.5 Å². The first-order chi connectivity index (χ1) is 69.9. The summed E-state index contributed by atoms with van der Waals surface area (Å²) < 4.78 is 18.8. The number of benzene rings is 22. The van der Waals surface area contributed by atoms with Gasteiger partial charge in [0.05, 0.1) is 0 Å². The van der Waals surface area contributed by atoms with Crippen LogP contribution in [0.1, 0.15) is 49.9 Å². The van der Waals surface area contributed by atoms with E-state index in [1.165, 1.54) is 111 Å². The van der Waals surface area contributed by atoms with E-state index in [4.69, 9.17) is 13.3 Å². The van der Waals surface area contributed by atoms with Crippen LogP contribution in [0.25, 0.3) is 177 Å². The van der Waals surface area contributed by atoms with E-state index in [0.29, 0.717) is 0 Å². The SMILES string of the molecule is CC1(C)c2ccccc2-c2ccc(N(c3ccc(-c4ccccc4)cc3)c3ccc(-c4ccc5oc6ccccc6c5c4)cc3)cc21.CC1(C)c2ccccc2-c2ccc(N(c3ccc(-c4ccccc4)cc3)c3ccc4c(c3)oc3ccccc34)cc21.c1ccc(-c2ccc(N(c3ccc(-c4cccc(-c5cccc6c5oc5ccccc56)c4)cc3)c3ccc(-c4cccc5ccccc45)cc3)cc2)cc1. The fourth-order valence-electron chi connectivity index (χ4n) is 21.8. The number of para-hydroxylation sites is 4. The fraction of sp³-hybridized carbons (Fsp3) is 0.0441. The standard InChI is InChI=1S/C52H35NO.C45H33NO.C39H29NO/c1-2-11-36(12-3-1)37-23-29-43(30-24-37)53(45-33-27-40(28-34-45)47-19-9-14-39-13-4-5-17-46(39)47)44-31-25-38(26-32-44)41-15-8-16-42(35-41)48-20-10-21-50-49-18-6-7-22-51(49)54-52(48)50;1-45(2)41-14-8-6-12-37(41)38-26-25-36(29-42(38)45)46(34-21-16-31(17-22-34)30-10-4-3-5-11-30)35-23-18-32(19-24-35)33-20-27-44-40(28-33)39-13-7-9-15-43(39)47-44;1-39(2)35-14-8-6-12-31(35)32-22-20-29(24-36(32)39)40(28-18-16-27(17-19-28)26-10-4-3-5-11-26)30-21-23-34-33-13-7-9-15-37(33)41-38(34)25-30/h1-35H;3-29H,1-2H3;3-25H,1-2H3. The van der Waals surface area contributed by atoms with Gasteiger partial charge in [-0.1, -0.05) is 392 Å². The molecule has 3 aromatic heterocycles. The maximum atomic E-state index is 6.39. The minimum absolute atomic E-state index is 0.0759. The molecule has 0 N–H and O–H groups in total. The summed E-state index contributed by atoms with van der Waals surface area (Å²) in [6, 6.07) is 185. The maximum absolute atomic E-state index is 6.39. The van der Waals surface area contributed by atoms with E-state index < -0.39 is 0 Å². The van der Waals surface area contributed by atoms with Crippen molar-refractivity contribution in [3.8, 4) is 100 Å². The average Bonchev–Trinajstić information content (AvgIpc) is 1.58. The molecule has 0 radical (unpaired) electrons. The van der Waals surface area contributed by atoms with Crippen LogP contribution in [-0.4, -0.2) is 0 Å². The summed E-state index contributed by atoms with van der Waals surface area (Å²) in [7, 11) is 0. The molecule has 0 fully saturated rings. The summed E-state index contributed by atoms with van der Waals surface area (Å²) >= 11 is 0. The lowest BCUT2D eigenvalue weighted by Crippen LogP contribution is -2.16. The highest BCUT2D eigenvalue weighted by molar-refractivity contribution is 6.11. The lowest BCUT2D eigenvalue weighted by Gasteiger charge is -2.28. The van der Waals surface area contributed by atoms with E-state index in [0.717, 1.165) is 139 Å². The van der Waals surface area contributed by atoms with E-state index in [9.17, 15) is 0 Å². The quantitative estimate of drug-likeness (QED) is 0.0961. The van der Waals surface area contributed by atoms with E-state index in [2.05, 4.69) is 522 Å². The molecule has 6 nitrogen and oxygen atoms in total. The zero-order valence-electron chi connectivity index (χ0n) is 79.1. The first kappa shape index (κ1) is 85.6. The monoisotopic (exact) mass is 1820 g/mol. The largest absolute Gasteiger partial charge is 0.456 e. The van der Waals surface area contributed by atoms with Crippen LogP contribution in [0.3, 0.4) is 0 Å². The summed E-state index contributed by atoms with van der Waals surface area (Å²) in [5.74, 6) is 0. The minimum Gasteiger partial charge on any atom is -0.456 e. The van der Waals surface area contributed by atoms with E-state index >= 15 is 0 Å². The lowest BCUT2D eigenvalue weighted by molar-refractivity contribution is 0.660. The molecule has 0 saturated heterocycles. The summed E-state index contributed by atoms with van der Waals surface area (Å²) in [6.45, 7) is 9.35. The Hall–Kier alpha value is -18.1. The van der Waals surface area contributed by atoms with Gasteiger partial charge in [0.2, 0.25) is 0 Å².